The standard InChI is InChI=1S/C21H27N3OS/c25-19(17-8-13-24(14-9-17)20-22-12-15-26-20)23-16-21(10-4-5-11-21)18-6-2-1-3-7-18/h1-3,6-7,12,15,17H,4-5,8-11,13-14,16H2,(H,23,25). The molecule has 2 fully saturated rings. The second-order valence-corrected chi connectivity index (χ2v) is 8.52. The van der Waals surface area contributed by atoms with Crippen molar-refractivity contribution in [3.63, 3.8) is 0 Å². The summed E-state index contributed by atoms with van der Waals surface area (Å²) in [6.07, 6.45) is 8.57. The first-order valence-electron chi connectivity index (χ1n) is 9.75. The van der Waals surface area contributed by atoms with Crippen molar-refractivity contribution in [3.05, 3.63) is 47.5 Å². The first-order chi connectivity index (χ1) is 12.8. The minimum Gasteiger partial charge on any atom is -0.355 e. The highest BCUT2D eigenvalue weighted by Crippen LogP contribution is 2.40. The van der Waals surface area contributed by atoms with E-state index < -0.39 is 0 Å². The Labute approximate surface area is 159 Å². The van der Waals surface area contributed by atoms with E-state index in [1.54, 1.807) is 11.3 Å². The molecule has 0 unspecified atom stereocenters. The molecule has 1 saturated heterocycles. The third-order valence-electron chi connectivity index (χ3n) is 6.10. The Hall–Kier alpha value is -1.88. The van der Waals surface area contributed by atoms with Gasteiger partial charge in [0, 0.05) is 42.5 Å². The van der Waals surface area contributed by atoms with Crippen LogP contribution in [-0.2, 0) is 10.2 Å². The van der Waals surface area contributed by atoms with Gasteiger partial charge in [0.2, 0.25) is 5.91 Å². The smallest absolute Gasteiger partial charge is 0.223 e. The number of thiazole rings is 1. The van der Waals surface area contributed by atoms with Crippen LogP contribution in [0.4, 0.5) is 5.13 Å². The van der Waals surface area contributed by atoms with Gasteiger partial charge in [-0.3, -0.25) is 4.79 Å². The van der Waals surface area contributed by atoms with Gasteiger partial charge < -0.3 is 10.2 Å². The van der Waals surface area contributed by atoms with Crippen molar-refractivity contribution in [2.75, 3.05) is 24.5 Å². The van der Waals surface area contributed by atoms with Gasteiger partial charge in [0.15, 0.2) is 5.13 Å². The molecule has 1 aromatic heterocycles. The molecule has 1 aromatic carbocycles. The van der Waals surface area contributed by atoms with Crippen LogP contribution < -0.4 is 10.2 Å². The Balaban J connectivity index is 1.33. The van der Waals surface area contributed by atoms with Crippen LogP contribution in [0.2, 0.25) is 0 Å². The third kappa shape index (κ3) is 3.63. The first kappa shape index (κ1) is 17.5. The third-order valence-corrected chi connectivity index (χ3v) is 6.94. The molecule has 2 aliphatic rings. The minimum absolute atomic E-state index is 0.137. The summed E-state index contributed by atoms with van der Waals surface area (Å²) in [5, 5.41) is 6.41. The lowest BCUT2D eigenvalue weighted by atomic mass is 9.78. The van der Waals surface area contributed by atoms with E-state index in [4.69, 9.17) is 0 Å². The highest BCUT2D eigenvalue weighted by Gasteiger charge is 2.36. The molecule has 2 aromatic rings. The van der Waals surface area contributed by atoms with E-state index in [2.05, 4.69) is 45.5 Å². The van der Waals surface area contributed by atoms with E-state index in [1.807, 2.05) is 11.6 Å². The summed E-state index contributed by atoms with van der Waals surface area (Å²) in [5.74, 6) is 0.381. The highest BCUT2D eigenvalue weighted by molar-refractivity contribution is 7.13. The van der Waals surface area contributed by atoms with Crippen LogP contribution in [-0.4, -0.2) is 30.5 Å². The van der Waals surface area contributed by atoms with Gasteiger partial charge in [0.05, 0.1) is 0 Å². The number of nitrogens with one attached hydrogen (secondary N) is 1. The molecule has 1 aliphatic heterocycles. The lowest BCUT2D eigenvalue weighted by Gasteiger charge is -2.33. The molecule has 0 bridgehead atoms. The second-order valence-electron chi connectivity index (χ2n) is 7.65. The number of anilines is 1. The second kappa shape index (κ2) is 7.78. The van der Waals surface area contributed by atoms with E-state index in [0.717, 1.165) is 37.6 Å². The van der Waals surface area contributed by atoms with Crippen LogP contribution in [0.1, 0.15) is 44.1 Å². The van der Waals surface area contributed by atoms with Crippen molar-refractivity contribution in [3.8, 4) is 0 Å². The van der Waals surface area contributed by atoms with Gasteiger partial charge in [0.1, 0.15) is 0 Å². The average molecular weight is 370 g/mol. The van der Waals surface area contributed by atoms with Gasteiger partial charge in [-0.1, -0.05) is 43.2 Å². The summed E-state index contributed by atoms with van der Waals surface area (Å²) in [6, 6.07) is 10.8. The van der Waals surface area contributed by atoms with Crippen molar-refractivity contribution < 1.29 is 4.79 Å². The number of nitrogens with zero attached hydrogens (tertiary/aromatic N) is 2. The molecule has 5 heteroatoms. The summed E-state index contributed by atoms with van der Waals surface area (Å²) in [7, 11) is 0. The average Bonchev–Trinajstić information content (AvgIpc) is 3.40. The number of rotatable bonds is 5. The number of hydrogen-bond acceptors (Lipinski definition) is 4. The van der Waals surface area contributed by atoms with Gasteiger partial charge in [0.25, 0.3) is 0 Å². The van der Waals surface area contributed by atoms with E-state index >= 15 is 0 Å². The van der Waals surface area contributed by atoms with Crippen molar-refractivity contribution in [1.82, 2.24) is 10.3 Å². The van der Waals surface area contributed by atoms with Crippen LogP contribution in [0.5, 0.6) is 0 Å². The number of carbonyl (C=O) groups is 1. The van der Waals surface area contributed by atoms with Gasteiger partial charge in [-0.2, -0.15) is 0 Å². The number of aromatic nitrogens is 1. The molecule has 1 aliphatic carbocycles. The van der Waals surface area contributed by atoms with Crippen LogP contribution >= 0.6 is 11.3 Å². The zero-order chi connectivity index (χ0) is 17.8. The summed E-state index contributed by atoms with van der Waals surface area (Å²) < 4.78 is 0. The number of benzene rings is 1. The summed E-state index contributed by atoms with van der Waals surface area (Å²) in [4.78, 5) is 19.5. The predicted octanol–water partition coefficient (Wildman–Crippen LogP) is 3.99. The Bertz CT molecular complexity index is 702. The molecule has 0 spiro atoms. The molecule has 1 amide bonds. The normalized spacial score (nSPS) is 20.2. The van der Waals surface area contributed by atoms with Crippen LogP contribution in [0, 0.1) is 5.92 Å². The molecule has 4 nitrogen and oxygen atoms in total. The molecule has 0 atom stereocenters. The summed E-state index contributed by atoms with van der Waals surface area (Å²) >= 11 is 1.68. The van der Waals surface area contributed by atoms with Crippen molar-refractivity contribution in [1.29, 1.82) is 0 Å². The maximum absolute atomic E-state index is 12.8. The Morgan fingerprint density at radius 1 is 1.19 bits per heavy atom. The lowest BCUT2D eigenvalue weighted by molar-refractivity contribution is -0.125. The zero-order valence-electron chi connectivity index (χ0n) is 15.2. The minimum atomic E-state index is 0.137. The maximum Gasteiger partial charge on any atom is 0.223 e. The molecule has 26 heavy (non-hydrogen) atoms. The monoisotopic (exact) mass is 369 g/mol. The van der Waals surface area contributed by atoms with E-state index in [-0.39, 0.29) is 17.2 Å². The van der Waals surface area contributed by atoms with E-state index in [0.29, 0.717) is 0 Å². The fourth-order valence-corrected chi connectivity index (χ4v) is 5.21. The topological polar surface area (TPSA) is 45.2 Å². The molecule has 1 saturated carbocycles. The molecule has 0 radical (unpaired) electrons. The first-order valence-corrected chi connectivity index (χ1v) is 10.6. The van der Waals surface area contributed by atoms with Gasteiger partial charge in [-0.25, -0.2) is 4.98 Å². The summed E-state index contributed by atoms with van der Waals surface area (Å²) in [5.41, 5.74) is 1.52. The quantitative estimate of drug-likeness (QED) is 0.867. The van der Waals surface area contributed by atoms with Gasteiger partial charge >= 0.3 is 0 Å². The summed E-state index contributed by atoms with van der Waals surface area (Å²) in [6.45, 7) is 2.63. The number of hydrogen-bond donors (Lipinski definition) is 1. The molecule has 1 N–H and O–H groups in total. The predicted molar refractivity (Wildman–Crippen MR) is 107 cm³/mol. The van der Waals surface area contributed by atoms with Crippen molar-refractivity contribution >= 4 is 22.4 Å². The molecule has 2 heterocycles. The van der Waals surface area contributed by atoms with Crippen LogP contribution in [0.3, 0.4) is 0 Å². The van der Waals surface area contributed by atoms with E-state index in [9.17, 15) is 4.79 Å². The fourth-order valence-electron chi connectivity index (χ4n) is 4.52. The van der Waals surface area contributed by atoms with Crippen LogP contribution in [0.25, 0.3) is 0 Å². The van der Waals surface area contributed by atoms with Crippen LogP contribution in [0.15, 0.2) is 41.9 Å². The van der Waals surface area contributed by atoms with Gasteiger partial charge in [-0.15, -0.1) is 11.3 Å². The van der Waals surface area contributed by atoms with E-state index in [1.165, 1.54) is 31.2 Å². The SMILES string of the molecule is O=C(NCC1(c2ccccc2)CCCC1)C1CCN(c2nccs2)CC1. The number of carbonyl (C=O) groups excluding carboxylic acids is 1. The van der Waals surface area contributed by atoms with Crippen molar-refractivity contribution in [2.24, 2.45) is 5.92 Å². The van der Waals surface area contributed by atoms with Gasteiger partial charge in [-0.05, 0) is 31.2 Å². The lowest BCUT2D eigenvalue weighted by Crippen LogP contribution is -2.44. The highest BCUT2D eigenvalue weighted by atomic mass is 32.1. The maximum atomic E-state index is 12.8. The molecule has 138 valence electrons. The Morgan fingerprint density at radius 3 is 2.58 bits per heavy atom. The Morgan fingerprint density at radius 2 is 1.92 bits per heavy atom. The number of piperidine rings is 1. The van der Waals surface area contributed by atoms with Crippen molar-refractivity contribution in [2.45, 2.75) is 43.9 Å². The fraction of sp³-hybridized carbons (Fsp3) is 0.524. The zero-order valence-corrected chi connectivity index (χ0v) is 16.0. The molecular weight excluding hydrogens is 342 g/mol. The molecular formula is C21H27N3OS. The Kier molecular flexibility index (Phi) is 5.25. The molecule has 4 rings (SSSR count). The largest absolute Gasteiger partial charge is 0.355 e. The number of amides is 1.